The van der Waals surface area contributed by atoms with Gasteiger partial charge in [-0.3, -0.25) is 0 Å². The molecule has 0 amide bonds. The molecule has 0 aromatic carbocycles. The molecule has 1 fully saturated rings. The number of rotatable bonds is 9. The minimum Gasteiger partial charge on any atom is -0.383 e. The van der Waals surface area contributed by atoms with Crippen LogP contribution in [0.4, 0.5) is 0 Å². The van der Waals surface area contributed by atoms with Crippen molar-refractivity contribution < 1.29 is 13.2 Å². The van der Waals surface area contributed by atoms with Crippen LogP contribution in [0.15, 0.2) is 0 Å². The standard InChI is InChI=1S/C11H24N2O3S/c1-16-9-8-13(7-6-12)17(14,15)10-5-11-3-2-4-11/h11H,2-10,12H2,1H3. The summed E-state index contributed by atoms with van der Waals surface area (Å²) in [4.78, 5) is 0. The summed E-state index contributed by atoms with van der Waals surface area (Å²) in [6.45, 7) is 1.56. The van der Waals surface area contributed by atoms with Gasteiger partial charge in [0, 0.05) is 26.7 Å². The van der Waals surface area contributed by atoms with Crippen LogP contribution in [0.2, 0.25) is 0 Å². The van der Waals surface area contributed by atoms with E-state index in [0.29, 0.717) is 32.2 Å². The topological polar surface area (TPSA) is 72.6 Å². The minimum atomic E-state index is -3.15. The Labute approximate surface area is 104 Å². The highest BCUT2D eigenvalue weighted by molar-refractivity contribution is 7.89. The quantitative estimate of drug-likeness (QED) is 0.655. The van der Waals surface area contributed by atoms with E-state index in [1.54, 1.807) is 7.11 Å². The van der Waals surface area contributed by atoms with Gasteiger partial charge >= 0.3 is 0 Å². The Morgan fingerprint density at radius 1 is 1.35 bits per heavy atom. The SMILES string of the molecule is COCCN(CCN)S(=O)(=O)CCC1CCC1. The van der Waals surface area contributed by atoms with Crippen LogP contribution in [0.25, 0.3) is 0 Å². The third-order valence-electron chi connectivity index (χ3n) is 3.33. The molecular weight excluding hydrogens is 240 g/mol. The maximum absolute atomic E-state index is 12.1. The molecule has 2 N–H and O–H groups in total. The zero-order valence-corrected chi connectivity index (χ0v) is 11.4. The van der Waals surface area contributed by atoms with Crippen LogP contribution in [-0.4, -0.2) is 51.8 Å². The number of nitrogens with two attached hydrogens (primary N) is 1. The van der Waals surface area contributed by atoms with Gasteiger partial charge in [0.2, 0.25) is 10.0 Å². The Morgan fingerprint density at radius 2 is 2.06 bits per heavy atom. The molecule has 1 aliphatic rings. The maximum Gasteiger partial charge on any atom is 0.214 e. The molecule has 0 unspecified atom stereocenters. The first-order chi connectivity index (χ1) is 8.10. The van der Waals surface area contributed by atoms with Gasteiger partial charge in [-0.1, -0.05) is 19.3 Å². The summed E-state index contributed by atoms with van der Waals surface area (Å²) in [5.74, 6) is 0.869. The highest BCUT2D eigenvalue weighted by atomic mass is 32.2. The molecular formula is C11H24N2O3S. The predicted molar refractivity (Wildman–Crippen MR) is 68.2 cm³/mol. The Hall–Kier alpha value is -0.170. The van der Waals surface area contributed by atoms with E-state index in [0.717, 1.165) is 6.42 Å². The number of methoxy groups -OCH3 is 1. The summed E-state index contributed by atoms with van der Waals surface area (Å²) in [5.41, 5.74) is 5.44. The third kappa shape index (κ3) is 4.91. The first-order valence-electron chi connectivity index (χ1n) is 6.27. The smallest absolute Gasteiger partial charge is 0.214 e. The van der Waals surface area contributed by atoms with Crippen LogP contribution in [0.3, 0.4) is 0 Å². The summed E-state index contributed by atoms with van der Waals surface area (Å²) in [6, 6.07) is 0. The molecule has 0 aliphatic heterocycles. The molecule has 1 aliphatic carbocycles. The number of sulfonamides is 1. The van der Waals surface area contributed by atoms with E-state index in [1.807, 2.05) is 0 Å². The van der Waals surface area contributed by atoms with Gasteiger partial charge in [0.15, 0.2) is 0 Å². The molecule has 1 saturated carbocycles. The lowest BCUT2D eigenvalue weighted by molar-refractivity contribution is 0.179. The fourth-order valence-electron chi connectivity index (χ4n) is 1.95. The van der Waals surface area contributed by atoms with E-state index in [2.05, 4.69) is 0 Å². The van der Waals surface area contributed by atoms with E-state index in [4.69, 9.17) is 10.5 Å². The summed E-state index contributed by atoms with van der Waals surface area (Å²) in [6.07, 6.45) is 4.41. The van der Waals surface area contributed by atoms with E-state index in [-0.39, 0.29) is 5.75 Å². The van der Waals surface area contributed by atoms with Gasteiger partial charge in [-0.15, -0.1) is 0 Å². The fourth-order valence-corrected chi connectivity index (χ4v) is 3.58. The van der Waals surface area contributed by atoms with Gasteiger partial charge in [0.25, 0.3) is 0 Å². The average Bonchev–Trinajstić information content (AvgIpc) is 2.21. The van der Waals surface area contributed by atoms with Crippen molar-refractivity contribution in [3.63, 3.8) is 0 Å². The van der Waals surface area contributed by atoms with Gasteiger partial charge in [-0.25, -0.2) is 8.42 Å². The minimum absolute atomic E-state index is 0.251. The van der Waals surface area contributed by atoms with Gasteiger partial charge < -0.3 is 10.5 Å². The van der Waals surface area contributed by atoms with Gasteiger partial charge in [-0.2, -0.15) is 4.31 Å². The second-order valence-corrected chi connectivity index (χ2v) is 6.67. The maximum atomic E-state index is 12.1. The van der Waals surface area contributed by atoms with E-state index in [1.165, 1.54) is 23.6 Å². The lowest BCUT2D eigenvalue weighted by Crippen LogP contribution is -2.39. The molecule has 0 radical (unpaired) electrons. The van der Waals surface area contributed by atoms with Crippen molar-refractivity contribution in [3.05, 3.63) is 0 Å². The summed E-state index contributed by atoms with van der Waals surface area (Å²) in [7, 11) is -1.58. The monoisotopic (exact) mass is 264 g/mol. The Morgan fingerprint density at radius 3 is 2.53 bits per heavy atom. The van der Waals surface area contributed by atoms with Crippen LogP contribution in [0, 0.1) is 5.92 Å². The van der Waals surface area contributed by atoms with Crippen LogP contribution < -0.4 is 5.73 Å². The number of nitrogens with zero attached hydrogens (tertiary/aromatic N) is 1. The predicted octanol–water partition coefficient (Wildman–Crippen LogP) is 0.414. The number of hydrogen-bond donors (Lipinski definition) is 1. The molecule has 6 heteroatoms. The molecule has 0 aromatic rings. The molecule has 0 bridgehead atoms. The fraction of sp³-hybridized carbons (Fsp3) is 1.00. The van der Waals surface area contributed by atoms with Crippen molar-refractivity contribution >= 4 is 10.0 Å². The van der Waals surface area contributed by atoms with Crippen molar-refractivity contribution in [2.45, 2.75) is 25.7 Å². The molecule has 17 heavy (non-hydrogen) atoms. The Kier molecular flexibility index (Phi) is 6.40. The first-order valence-corrected chi connectivity index (χ1v) is 7.88. The molecule has 5 nitrogen and oxygen atoms in total. The normalized spacial score (nSPS) is 17.4. The van der Waals surface area contributed by atoms with Crippen LogP contribution in [0.1, 0.15) is 25.7 Å². The van der Waals surface area contributed by atoms with E-state index < -0.39 is 10.0 Å². The van der Waals surface area contributed by atoms with E-state index in [9.17, 15) is 8.42 Å². The van der Waals surface area contributed by atoms with Crippen molar-refractivity contribution in [1.82, 2.24) is 4.31 Å². The summed E-state index contributed by atoms with van der Waals surface area (Å²) in [5, 5.41) is 0. The molecule has 0 atom stereocenters. The molecule has 0 heterocycles. The Balaban J connectivity index is 2.43. The zero-order valence-electron chi connectivity index (χ0n) is 10.6. The third-order valence-corrected chi connectivity index (χ3v) is 5.23. The number of ether oxygens (including phenoxy) is 1. The van der Waals surface area contributed by atoms with Crippen LogP contribution in [0.5, 0.6) is 0 Å². The molecule has 102 valence electrons. The summed E-state index contributed by atoms with van der Waals surface area (Å²) >= 11 is 0. The molecule has 0 spiro atoms. The second kappa shape index (κ2) is 7.31. The Bertz CT molecular complexity index is 302. The van der Waals surface area contributed by atoms with Gasteiger partial charge in [-0.05, 0) is 12.3 Å². The van der Waals surface area contributed by atoms with Crippen molar-refractivity contribution in [2.75, 3.05) is 39.1 Å². The highest BCUT2D eigenvalue weighted by Crippen LogP contribution is 2.29. The average molecular weight is 264 g/mol. The van der Waals surface area contributed by atoms with E-state index >= 15 is 0 Å². The van der Waals surface area contributed by atoms with Gasteiger partial charge in [0.1, 0.15) is 0 Å². The van der Waals surface area contributed by atoms with Crippen molar-refractivity contribution in [1.29, 1.82) is 0 Å². The second-order valence-electron chi connectivity index (χ2n) is 4.58. The first kappa shape index (κ1) is 14.9. The largest absolute Gasteiger partial charge is 0.383 e. The lowest BCUT2D eigenvalue weighted by Gasteiger charge is -2.27. The lowest BCUT2D eigenvalue weighted by atomic mass is 9.84. The summed E-state index contributed by atoms with van der Waals surface area (Å²) < 4.78 is 30.5. The van der Waals surface area contributed by atoms with Gasteiger partial charge in [0.05, 0.1) is 12.4 Å². The zero-order chi connectivity index (χ0) is 12.7. The molecule has 0 saturated heterocycles. The highest BCUT2D eigenvalue weighted by Gasteiger charge is 2.25. The molecule has 0 aromatic heterocycles. The molecule has 1 rings (SSSR count). The van der Waals surface area contributed by atoms with Crippen molar-refractivity contribution in [3.8, 4) is 0 Å². The van der Waals surface area contributed by atoms with Crippen LogP contribution in [-0.2, 0) is 14.8 Å². The van der Waals surface area contributed by atoms with Crippen molar-refractivity contribution in [2.24, 2.45) is 11.7 Å². The number of hydrogen-bond acceptors (Lipinski definition) is 4. The van der Waals surface area contributed by atoms with Crippen LogP contribution >= 0.6 is 0 Å².